The normalized spacial score (nSPS) is 11.6. The van der Waals surface area contributed by atoms with Crippen LogP contribution in [0.1, 0.15) is 0 Å². The van der Waals surface area contributed by atoms with E-state index in [1.807, 2.05) is 12.1 Å². The Labute approximate surface area is 225 Å². The molecule has 6 aromatic carbocycles. The van der Waals surface area contributed by atoms with E-state index in [0.29, 0.717) is 5.95 Å². The average molecular weight is 498 g/mol. The van der Waals surface area contributed by atoms with E-state index >= 15 is 0 Å². The minimum atomic E-state index is 0.675. The van der Waals surface area contributed by atoms with E-state index < -0.39 is 0 Å². The Morgan fingerprint density at radius 1 is 0.487 bits per heavy atom. The van der Waals surface area contributed by atoms with Gasteiger partial charge in [0.2, 0.25) is 5.95 Å². The van der Waals surface area contributed by atoms with Crippen molar-refractivity contribution in [2.45, 2.75) is 0 Å². The van der Waals surface area contributed by atoms with Gasteiger partial charge in [-0.25, -0.2) is 9.97 Å². The zero-order chi connectivity index (χ0) is 25.8. The maximum absolute atomic E-state index is 5.27. The van der Waals surface area contributed by atoms with Crippen molar-refractivity contribution in [1.29, 1.82) is 0 Å². The highest BCUT2D eigenvalue weighted by Gasteiger charge is 2.21. The van der Waals surface area contributed by atoms with Crippen molar-refractivity contribution in [2.75, 3.05) is 0 Å². The molecule has 0 saturated carbocycles. The van der Waals surface area contributed by atoms with Gasteiger partial charge in [0.1, 0.15) is 0 Å². The maximum Gasteiger partial charge on any atom is 0.235 e. The molecular weight excluding hydrogens is 474 g/mol. The first-order chi connectivity index (χ1) is 19.4. The van der Waals surface area contributed by atoms with E-state index in [-0.39, 0.29) is 0 Å². The van der Waals surface area contributed by atoms with Crippen molar-refractivity contribution in [1.82, 2.24) is 14.5 Å². The summed E-state index contributed by atoms with van der Waals surface area (Å²) in [5.41, 5.74) is 7.57. The molecule has 0 fully saturated rings. The average Bonchev–Trinajstić information content (AvgIpc) is 3.37. The minimum Gasteiger partial charge on any atom is -0.277 e. The summed E-state index contributed by atoms with van der Waals surface area (Å²) in [5.74, 6) is 0.675. The largest absolute Gasteiger partial charge is 0.277 e. The highest BCUT2D eigenvalue weighted by atomic mass is 15.2. The van der Waals surface area contributed by atoms with Crippen LogP contribution in [0.3, 0.4) is 0 Å². The number of rotatable bonds is 3. The molecule has 0 aliphatic rings. The number of nitrogens with zero attached hydrogens (tertiary/aromatic N) is 3. The van der Waals surface area contributed by atoms with Crippen molar-refractivity contribution in [2.24, 2.45) is 0 Å². The number of aromatic nitrogens is 3. The summed E-state index contributed by atoms with van der Waals surface area (Å²) in [5, 5.41) is 5.82. The van der Waals surface area contributed by atoms with E-state index in [2.05, 4.69) is 132 Å². The zero-order valence-corrected chi connectivity index (χ0v) is 21.1. The molecule has 0 bridgehead atoms. The van der Waals surface area contributed by atoms with Gasteiger partial charge in [0.15, 0.2) is 0 Å². The van der Waals surface area contributed by atoms with E-state index in [1.54, 1.807) is 0 Å². The van der Waals surface area contributed by atoms with Gasteiger partial charge in [-0.2, -0.15) is 0 Å². The van der Waals surface area contributed by atoms with E-state index in [0.717, 1.165) is 33.2 Å². The first-order valence-corrected chi connectivity index (χ1v) is 13.2. The molecule has 3 nitrogen and oxygen atoms in total. The van der Waals surface area contributed by atoms with Crippen LogP contribution < -0.4 is 0 Å². The summed E-state index contributed by atoms with van der Waals surface area (Å²) in [6, 6.07) is 48.9. The maximum atomic E-state index is 5.27. The molecular formula is C36H23N3. The number of para-hydroxylation sites is 2. The smallest absolute Gasteiger partial charge is 0.235 e. The number of fused-ring (bicyclic) bond motifs is 6. The predicted octanol–water partition coefficient (Wildman–Crippen LogP) is 9.21. The first kappa shape index (κ1) is 21.8. The second kappa shape index (κ2) is 8.64. The van der Waals surface area contributed by atoms with Gasteiger partial charge >= 0.3 is 0 Å². The van der Waals surface area contributed by atoms with Gasteiger partial charge in [0.25, 0.3) is 0 Å². The second-order valence-corrected chi connectivity index (χ2v) is 9.84. The van der Waals surface area contributed by atoms with Gasteiger partial charge in [0, 0.05) is 27.1 Å². The topological polar surface area (TPSA) is 30.7 Å². The van der Waals surface area contributed by atoms with Crippen LogP contribution in [0.4, 0.5) is 0 Å². The number of benzene rings is 6. The fraction of sp³-hybridized carbons (Fsp3) is 0. The molecule has 0 aliphatic heterocycles. The quantitative estimate of drug-likeness (QED) is 0.244. The molecule has 3 heteroatoms. The first-order valence-electron chi connectivity index (χ1n) is 13.2. The molecule has 0 radical (unpaired) electrons. The van der Waals surface area contributed by atoms with Crippen LogP contribution in [0.2, 0.25) is 0 Å². The Balaban J connectivity index is 1.58. The third kappa shape index (κ3) is 3.37. The van der Waals surface area contributed by atoms with Gasteiger partial charge in [-0.1, -0.05) is 121 Å². The van der Waals surface area contributed by atoms with Crippen LogP contribution in [0, 0.1) is 0 Å². The Hall–Kier alpha value is -5.28. The third-order valence-electron chi connectivity index (χ3n) is 7.58. The lowest BCUT2D eigenvalue weighted by molar-refractivity contribution is 1.02. The van der Waals surface area contributed by atoms with Crippen molar-refractivity contribution < 1.29 is 0 Å². The minimum absolute atomic E-state index is 0.675. The van der Waals surface area contributed by atoms with Gasteiger partial charge < -0.3 is 0 Å². The molecule has 0 N–H and O–H groups in total. The molecule has 0 saturated heterocycles. The van der Waals surface area contributed by atoms with Gasteiger partial charge in [-0.05, 0) is 34.7 Å². The fourth-order valence-electron chi connectivity index (χ4n) is 5.87. The predicted molar refractivity (Wildman–Crippen MR) is 162 cm³/mol. The van der Waals surface area contributed by atoms with Crippen LogP contribution in [0.15, 0.2) is 140 Å². The molecule has 0 unspecified atom stereocenters. The SMILES string of the molecule is c1ccc(-c2nc(-n3c4ccccc4c4c(-c5ccccc5)cc5ccccc5c43)nc3ccccc23)cc1. The summed E-state index contributed by atoms with van der Waals surface area (Å²) in [6.07, 6.45) is 0. The molecule has 2 heterocycles. The highest BCUT2D eigenvalue weighted by molar-refractivity contribution is 6.24. The number of hydrogen-bond donors (Lipinski definition) is 0. The number of hydrogen-bond acceptors (Lipinski definition) is 2. The fourth-order valence-corrected chi connectivity index (χ4v) is 5.87. The van der Waals surface area contributed by atoms with Crippen LogP contribution in [-0.2, 0) is 0 Å². The molecule has 39 heavy (non-hydrogen) atoms. The summed E-state index contributed by atoms with van der Waals surface area (Å²) in [7, 11) is 0. The van der Waals surface area contributed by atoms with E-state index in [1.165, 1.54) is 32.7 Å². The van der Waals surface area contributed by atoms with Crippen molar-refractivity contribution in [3.8, 4) is 28.3 Å². The Morgan fingerprint density at radius 2 is 1.10 bits per heavy atom. The van der Waals surface area contributed by atoms with Crippen LogP contribution >= 0.6 is 0 Å². The molecule has 8 rings (SSSR count). The lowest BCUT2D eigenvalue weighted by atomic mass is 9.95. The van der Waals surface area contributed by atoms with Gasteiger partial charge in [-0.3, -0.25) is 4.57 Å². The monoisotopic (exact) mass is 497 g/mol. The van der Waals surface area contributed by atoms with Crippen molar-refractivity contribution >= 4 is 43.5 Å². The zero-order valence-electron chi connectivity index (χ0n) is 21.1. The van der Waals surface area contributed by atoms with Gasteiger partial charge in [-0.15, -0.1) is 0 Å². The van der Waals surface area contributed by atoms with Crippen molar-refractivity contribution in [3.05, 3.63) is 140 Å². The second-order valence-electron chi connectivity index (χ2n) is 9.84. The van der Waals surface area contributed by atoms with Crippen LogP contribution in [0.5, 0.6) is 0 Å². The molecule has 0 aliphatic carbocycles. The van der Waals surface area contributed by atoms with Crippen molar-refractivity contribution in [3.63, 3.8) is 0 Å². The Kier molecular flexibility index (Phi) is 4.82. The standard InChI is InChI=1S/C36H23N3/c1-3-13-24(14-4-1)30-23-26-17-7-8-18-27(26)35-33(30)29-20-10-12-22-32(29)39(35)36-37-31-21-11-9-19-28(31)34(38-36)25-15-5-2-6-16-25/h1-23H. The van der Waals surface area contributed by atoms with Gasteiger partial charge in [0.05, 0.1) is 22.2 Å². The molecule has 8 aromatic rings. The summed E-state index contributed by atoms with van der Waals surface area (Å²) >= 11 is 0. The molecule has 0 atom stereocenters. The van der Waals surface area contributed by atoms with E-state index in [4.69, 9.17) is 9.97 Å². The summed E-state index contributed by atoms with van der Waals surface area (Å²) in [4.78, 5) is 10.4. The lowest BCUT2D eigenvalue weighted by Crippen LogP contribution is -2.03. The molecule has 0 amide bonds. The summed E-state index contributed by atoms with van der Waals surface area (Å²) in [6.45, 7) is 0. The Morgan fingerprint density at radius 3 is 1.90 bits per heavy atom. The van der Waals surface area contributed by atoms with E-state index in [9.17, 15) is 0 Å². The van der Waals surface area contributed by atoms with Crippen LogP contribution in [-0.4, -0.2) is 14.5 Å². The highest BCUT2D eigenvalue weighted by Crippen LogP contribution is 2.42. The molecule has 2 aromatic heterocycles. The molecule has 0 spiro atoms. The Bertz CT molecular complexity index is 2160. The third-order valence-corrected chi connectivity index (χ3v) is 7.58. The lowest BCUT2D eigenvalue weighted by Gasteiger charge is -2.13. The summed E-state index contributed by atoms with van der Waals surface area (Å²) < 4.78 is 2.26. The van der Waals surface area contributed by atoms with Crippen LogP contribution in [0.25, 0.3) is 71.8 Å². The molecule has 182 valence electrons.